The number of benzene rings is 2. The molecule has 3 nitrogen and oxygen atoms in total. The van der Waals surface area contributed by atoms with Gasteiger partial charge in [-0.2, -0.15) is 0 Å². The Morgan fingerprint density at radius 2 is 1.70 bits per heavy atom. The maximum Gasteiger partial charge on any atom is 0.120 e. The second-order valence-electron chi connectivity index (χ2n) is 4.64. The van der Waals surface area contributed by atoms with Crippen molar-refractivity contribution >= 4 is 17.6 Å². The van der Waals surface area contributed by atoms with Gasteiger partial charge >= 0.3 is 0 Å². The molecule has 0 aliphatic heterocycles. The molecule has 0 unspecified atom stereocenters. The SMILES string of the molecule is Cc1cc(OCc2ccc(C(=O)[O-])cc2)cc(C)c1Cl. The van der Waals surface area contributed by atoms with E-state index in [0.29, 0.717) is 6.61 Å². The second kappa shape index (κ2) is 5.97. The molecule has 0 aliphatic rings. The van der Waals surface area contributed by atoms with E-state index in [-0.39, 0.29) is 5.56 Å². The standard InChI is InChI=1S/C16H15ClO3/c1-10-7-14(8-11(2)15(10)17)20-9-12-3-5-13(6-4-12)16(18)19/h3-8H,9H2,1-2H3,(H,18,19)/p-1. The van der Waals surface area contributed by atoms with Gasteiger partial charge < -0.3 is 14.6 Å². The van der Waals surface area contributed by atoms with Crippen LogP contribution in [0.15, 0.2) is 36.4 Å². The summed E-state index contributed by atoms with van der Waals surface area (Å²) in [6.45, 7) is 4.22. The molecule has 2 rings (SSSR count). The Labute approximate surface area is 122 Å². The Balaban J connectivity index is 2.07. The van der Waals surface area contributed by atoms with Crippen molar-refractivity contribution in [2.24, 2.45) is 0 Å². The maximum atomic E-state index is 10.6. The quantitative estimate of drug-likeness (QED) is 0.869. The zero-order valence-electron chi connectivity index (χ0n) is 11.3. The Morgan fingerprint density at radius 3 is 2.20 bits per heavy atom. The van der Waals surface area contributed by atoms with Crippen LogP contribution in [-0.2, 0) is 6.61 Å². The van der Waals surface area contributed by atoms with Gasteiger partial charge in [-0.3, -0.25) is 0 Å². The topological polar surface area (TPSA) is 49.4 Å². The lowest BCUT2D eigenvalue weighted by Gasteiger charge is -2.10. The van der Waals surface area contributed by atoms with E-state index in [1.165, 1.54) is 12.1 Å². The number of hydrogen-bond donors (Lipinski definition) is 0. The van der Waals surface area contributed by atoms with E-state index in [9.17, 15) is 9.90 Å². The Morgan fingerprint density at radius 1 is 1.15 bits per heavy atom. The first-order chi connectivity index (χ1) is 9.47. The molecule has 0 aliphatic carbocycles. The molecule has 0 radical (unpaired) electrons. The lowest BCUT2D eigenvalue weighted by molar-refractivity contribution is -0.255. The Kier molecular flexibility index (Phi) is 4.30. The monoisotopic (exact) mass is 289 g/mol. The van der Waals surface area contributed by atoms with E-state index in [1.54, 1.807) is 12.1 Å². The van der Waals surface area contributed by atoms with Crippen LogP contribution >= 0.6 is 11.6 Å². The molecule has 0 spiro atoms. The van der Waals surface area contributed by atoms with Crippen LogP contribution in [0, 0.1) is 13.8 Å². The number of carbonyl (C=O) groups excluding carboxylic acids is 1. The minimum atomic E-state index is -1.18. The summed E-state index contributed by atoms with van der Waals surface area (Å²) in [6, 6.07) is 10.2. The molecule has 2 aromatic rings. The van der Waals surface area contributed by atoms with Crippen LogP contribution in [0.3, 0.4) is 0 Å². The van der Waals surface area contributed by atoms with Crippen molar-refractivity contribution < 1.29 is 14.6 Å². The fourth-order valence-corrected chi connectivity index (χ4v) is 2.00. The van der Waals surface area contributed by atoms with Crippen LogP contribution in [0.25, 0.3) is 0 Å². The number of carbonyl (C=O) groups is 1. The maximum absolute atomic E-state index is 10.6. The third kappa shape index (κ3) is 3.31. The van der Waals surface area contributed by atoms with Crippen molar-refractivity contribution in [1.29, 1.82) is 0 Å². The number of hydrogen-bond acceptors (Lipinski definition) is 3. The first kappa shape index (κ1) is 14.4. The second-order valence-corrected chi connectivity index (χ2v) is 5.02. The highest BCUT2D eigenvalue weighted by Gasteiger charge is 2.04. The molecule has 0 bridgehead atoms. The lowest BCUT2D eigenvalue weighted by atomic mass is 10.1. The smallest absolute Gasteiger partial charge is 0.120 e. The van der Waals surface area contributed by atoms with Gasteiger partial charge in [0.2, 0.25) is 0 Å². The van der Waals surface area contributed by atoms with Crippen molar-refractivity contribution in [3.8, 4) is 5.75 Å². The molecule has 0 saturated heterocycles. The zero-order valence-corrected chi connectivity index (χ0v) is 12.0. The van der Waals surface area contributed by atoms with Gasteiger partial charge in [0.15, 0.2) is 0 Å². The molecule has 0 atom stereocenters. The van der Waals surface area contributed by atoms with Crippen molar-refractivity contribution in [2.75, 3.05) is 0 Å². The van der Waals surface area contributed by atoms with Gasteiger partial charge in [0.25, 0.3) is 0 Å². The first-order valence-electron chi connectivity index (χ1n) is 6.17. The minimum absolute atomic E-state index is 0.159. The van der Waals surface area contributed by atoms with Crippen molar-refractivity contribution in [3.63, 3.8) is 0 Å². The summed E-state index contributed by atoms with van der Waals surface area (Å²) in [6.07, 6.45) is 0. The number of aryl methyl sites for hydroxylation is 2. The number of ether oxygens (including phenoxy) is 1. The van der Waals surface area contributed by atoms with Gasteiger partial charge in [0.05, 0.1) is 5.97 Å². The Hall–Kier alpha value is -2.00. The van der Waals surface area contributed by atoms with Gasteiger partial charge in [0, 0.05) is 5.02 Å². The van der Waals surface area contributed by atoms with Crippen LogP contribution in [0.4, 0.5) is 0 Å². The predicted octanol–water partition coefficient (Wildman–Crippen LogP) is 2.90. The molecule has 20 heavy (non-hydrogen) atoms. The molecule has 0 heterocycles. The summed E-state index contributed by atoms with van der Waals surface area (Å²) in [5.41, 5.74) is 2.98. The summed E-state index contributed by atoms with van der Waals surface area (Å²) in [5, 5.41) is 11.4. The molecule has 2 aromatic carbocycles. The molecule has 0 amide bonds. The largest absolute Gasteiger partial charge is 0.545 e. The minimum Gasteiger partial charge on any atom is -0.545 e. The molecular formula is C16H14ClO3-. The van der Waals surface area contributed by atoms with Crippen LogP contribution in [0.1, 0.15) is 27.0 Å². The molecule has 104 valence electrons. The van der Waals surface area contributed by atoms with Crippen LogP contribution in [0.2, 0.25) is 5.02 Å². The third-order valence-corrected chi connectivity index (χ3v) is 3.60. The number of carboxylic acids is 1. The summed E-state index contributed by atoms with van der Waals surface area (Å²) in [4.78, 5) is 10.6. The molecule has 4 heteroatoms. The summed E-state index contributed by atoms with van der Waals surface area (Å²) in [5.74, 6) is -0.435. The van der Waals surface area contributed by atoms with E-state index in [2.05, 4.69) is 0 Å². The third-order valence-electron chi connectivity index (χ3n) is 3.01. The fraction of sp³-hybridized carbons (Fsp3) is 0.188. The highest BCUT2D eigenvalue weighted by atomic mass is 35.5. The van der Waals surface area contributed by atoms with Gasteiger partial charge in [-0.15, -0.1) is 0 Å². The van der Waals surface area contributed by atoms with E-state index in [1.807, 2.05) is 26.0 Å². The van der Waals surface area contributed by atoms with Crippen LogP contribution in [0.5, 0.6) is 5.75 Å². The van der Waals surface area contributed by atoms with Gasteiger partial charge in [-0.05, 0) is 48.2 Å². The molecule has 0 saturated carbocycles. The number of carboxylic acid groups (broad SMARTS) is 1. The molecule has 0 aromatic heterocycles. The summed E-state index contributed by atoms with van der Waals surface area (Å²) >= 11 is 6.10. The van der Waals surface area contributed by atoms with Crippen LogP contribution < -0.4 is 9.84 Å². The zero-order chi connectivity index (χ0) is 14.7. The van der Waals surface area contributed by atoms with Gasteiger partial charge in [-0.25, -0.2) is 0 Å². The van der Waals surface area contributed by atoms with E-state index < -0.39 is 5.97 Å². The van der Waals surface area contributed by atoms with Crippen molar-refractivity contribution in [1.82, 2.24) is 0 Å². The first-order valence-corrected chi connectivity index (χ1v) is 6.55. The average Bonchev–Trinajstić information content (AvgIpc) is 2.42. The number of aromatic carboxylic acids is 1. The number of halogens is 1. The van der Waals surface area contributed by atoms with E-state index >= 15 is 0 Å². The van der Waals surface area contributed by atoms with Gasteiger partial charge in [-0.1, -0.05) is 35.9 Å². The predicted molar refractivity (Wildman–Crippen MR) is 76.0 cm³/mol. The average molecular weight is 290 g/mol. The Bertz CT molecular complexity index is 610. The summed E-state index contributed by atoms with van der Waals surface area (Å²) in [7, 11) is 0. The normalized spacial score (nSPS) is 10.3. The number of rotatable bonds is 4. The van der Waals surface area contributed by atoms with Crippen LogP contribution in [-0.4, -0.2) is 5.97 Å². The van der Waals surface area contributed by atoms with E-state index in [0.717, 1.165) is 27.5 Å². The molecule has 0 fully saturated rings. The highest BCUT2D eigenvalue weighted by molar-refractivity contribution is 6.32. The molecular weight excluding hydrogens is 276 g/mol. The van der Waals surface area contributed by atoms with E-state index in [4.69, 9.17) is 16.3 Å². The van der Waals surface area contributed by atoms with Crippen molar-refractivity contribution in [2.45, 2.75) is 20.5 Å². The van der Waals surface area contributed by atoms with Gasteiger partial charge in [0.1, 0.15) is 12.4 Å². The molecule has 0 N–H and O–H groups in total. The summed E-state index contributed by atoms with van der Waals surface area (Å²) < 4.78 is 5.69. The van der Waals surface area contributed by atoms with Crippen molar-refractivity contribution in [3.05, 3.63) is 63.7 Å². The fourth-order valence-electron chi connectivity index (χ4n) is 1.89. The highest BCUT2D eigenvalue weighted by Crippen LogP contribution is 2.26. The lowest BCUT2D eigenvalue weighted by Crippen LogP contribution is -2.22.